The fourth-order valence-electron chi connectivity index (χ4n) is 4.49. The molecule has 0 aromatic heterocycles. The van der Waals surface area contributed by atoms with E-state index in [0.29, 0.717) is 6.10 Å². The van der Waals surface area contributed by atoms with E-state index in [4.69, 9.17) is 4.74 Å². The van der Waals surface area contributed by atoms with Gasteiger partial charge in [-0.1, -0.05) is 26.2 Å². The van der Waals surface area contributed by atoms with Crippen LogP contribution in [0.2, 0.25) is 0 Å². The molecule has 19 heavy (non-hydrogen) atoms. The summed E-state index contributed by atoms with van der Waals surface area (Å²) in [7, 11) is 0. The van der Waals surface area contributed by atoms with Gasteiger partial charge in [0.1, 0.15) is 0 Å². The first-order chi connectivity index (χ1) is 9.38. The highest BCUT2D eigenvalue weighted by Crippen LogP contribution is 2.32. The zero-order valence-corrected chi connectivity index (χ0v) is 12.4. The molecule has 0 bridgehead atoms. The van der Waals surface area contributed by atoms with Crippen LogP contribution in [0.25, 0.3) is 0 Å². The number of hydrogen-bond donors (Lipinski definition) is 1. The fourth-order valence-corrected chi connectivity index (χ4v) is 4.49. The molecule has 3 aliphatic rings. The molecule has 1 saturated heterocycles. The first-order valence-corrected chi connectivity index (χ1v) is 8.47. The Hall–Kier alpha value is -0.120. The molecule has 3 rings (SSSR count). The summed E-state index contributed by atoms with van der Waals surface area (Å²) in [5.74, 6) is 0.876. The van der Waals surface area contributed by atoms with Gasteiger partial charge in [0.05, 0.1) is 12.7 Å². The van der Waals surface area contributed by atoms with Crippen LogP contribution in [0.3, 0.4) is 0 Å². The fraction of sp³-hybridized carbons (Fsp3) is 1.00. The van der Waals surface area contributed by atoms with Crippen molar-refractivity contribution in [3.05, 3.63) is 0 Å². The zero-order valence-electron chi connectivity index (χ0n) is 12.4. The summed E-state index contributed by atoms with van der Waals surface area (Å²) in [6.07, 6.45) is 10.2. The maximum Gasteiger partial charge on any atom is 0.0730 e. The lowest BCUT2D eigenvalue weighted by Gasteiger charge is -2.45. The number of hydrogen-bond acceptors (Lipinski definition) is 3. The molecule has 4 atom stereocenters. The van der Waals surface area contributed by atoms with Crippen molar-refractivity contribution in [1.82, 2.24) is 10.2 Å². The summed E-state index contributed by atoms with van der Waals surface area (Å²) >= 11 is 0. The van der Waals surface area contributed by atoms with Crippen LogP contribution < -0.4 is 5.32 Å². The molecule has 1 heterocycles. The molecule has 4 unspecified atom stereocenters. The van der Waals surface area contributed by atoms with Gasteiger partial charge in [-0.3, -0.25) is 4.90 Å². The predicted octanol–water partition coefficient (Wildman–Crippen LogP) is 2.41. The zero-order chi connectivity index (χ0) is 13.1. The Morgan fingerprint density at radius 1 is 1.11 bits per heavy atom. The van der Waals surface area contributed by atoms with E-state index < -0.39 is 0 Å². The van der Waals surface area contributed by atoms with Gasteiger partial charge >= 0.3 is 0 Å². The minimum atomic E-state index is 0.543. The van der Waals surface area contributed by atoms with Gasteiger partial charge in [-0.05, 0) is 38.1 Å². The summed E-state index contributed by atoms with van der Waals surface area (Å²) in [6.45, 7) is 6.79. The van der Waals surface area contributed by atoms with Crippen molar-refractivity contribution in [2.75, 3.05) is 26.2 Å². The third kappa shape index (κ3) is 3.14. The van der Waals surface area contributed by atoms with Crippen LogP contribution in [0.4, 0.5) is 0 Å². The van der Waals surface area contributed by atoms with Crippen LogP contribution in [0.1, 0.15) is 51.9 Å². The minimum Gasteiger partial charge on any atom is -0.375 e. The molecule has 0 spiro atoms. The average molecular weight is 266 g/mol. The normalized spacial score (nSPS) is 40.3. The number of ether oxygens (including phenoxy) is 1. The van der Waals surface area contributed by atoms with Gasteiger partial charge < -0.3 is 10.1 Å². The Balaban J connectivity index is 1.58. The van der Waals surface area contributed by atoms with Gasteiger partial charge in [0, 0.05) is 25.2 Å². The van der Waals surface area contributed by atoms with Crippen molar-refractivity contribution in [2.45, 2.75) is 70.1 Å². The highest BCUT2D eigenvalue weighted by molar-refractivity contribution is 4.91. The summed E-state index contributed by atoms with van der Waals surface area (Å²) in [5, 5.41) is 3.70. The van der Waals surface area contributed by atoms with E-state index in [0.717, 1.165) is 37.7 Å². The summed E-state index contributed by atoms with van der Waals surface area (Å²) in [5.41, 5.74) is 0. The molecule has 110 valence electrons. The van der Waals surface area contributed by atoms with Gasteiger partial charge in [-0.25, -0.2) is 0 Å². The number of nitrogens with zero attached hydrogens (tertiary/aromatic N) is 1. The average Bonchev–Trinajstić information content (AvgIpc) is 2.87. The lowest BCUT2D eigenvalue weighted by atomic mass is 9.89. The highest BCUT2D eigenvalue weighted by Gasteiger charge is 2.37. The summed E-state index contributed by atoms with van der Waals surface area (Å²) in [4.78, 5) is 2.77. The third-order valence-corrected chi connectivity index (χ3v) is 5.44. The van der Waals surface area contributed by atoms with Gasteiger partial charge in [-0.15, -0.1) is 0 Å². The van der Waals surface area contributed by atoms with Crippen LogP contribution >= 0.6 is 0 Å². The molecule has 2 saturated carbocycles. The third-order valence-electron chi connectivity index (χ3n) is 5.44. The molecule has 1 N–H and O–H groups in total. The van der Waals surface area contributed by atoms with E-state index in [-0.39, 0.29) is 0 Å². The number of morpholine rings is 1. The quantitative estimate of drug-likeness (QED) is 0.845. The molecule has 0 amide bonds. The first-order valence-electron chi connectivity index (χ1n) is 8.47. The van der Waals surface area contributed by atoms with Crippen molar-refractivity contribution in [2.24, 2.45) is 5.92 Å². The number of nitrogens with one attached hydrogen (secondary N) is 1. The van der Waals surface area contributed by atoms with Crippen molar-refractivity contribution in [3.63, 3.8) is 0 Å². The van der Waals surface area contributed by atoms with Crippen LogP contribution in [0.5, 0.6) is 0 Å². The van der Waals surface area contributed by atoms with Gasteiger partial charge in [-0.2, -0.15) is 0 Å². The van der Waals surface area contributed by atoms with Crippen molar-refractivity contribution in [1.29, 1.82) is 0 Å². The SMILES string of the molecule is CCNC1CCCC1CN1CCOC2CCCCC21. The molecule has 3 heteroatoms. The van der Waals surface area contributed by atoms with Gasteiger partial charge in [0.2, 0.25) is 0 Å². The maximum absolute atomic E-state index is 5.99. The topological polar surface area (TPSA) is 24.5 Å². The Bertz CT molecular complexity index is 282. The van der Waals surface area contributed by atoms with Crippen LogP contribution in [0.15, 0.2) is 0 Å². The van der Waals surface area contributed by atoms with E-state index in [1.807, 2.05) is 0 Å². The Morgan fingerprint density at radius 3 is 2.89 bits per heavy atom. The smallest absolute Gasteiger partial charge is 0.0730 e. The van der Waals surface area contributed by atoms with Crippen LogP contribution in [-0.4, -0.2) is 49.3 Å². The van der Waals surface area contributed by atoms with Crippen molar-refractivity contribution in [3.8, 4) is 0 Å². The molecule has 1 aliphatic heterocycles. The monoisotopic (exact) mass is 266 g/mol. The molecule has 3 fully saturated rings. The number of rotatable bonds is 4. The van der Waals surface area contributed by atoms with E-state index in [1.54, 1.807) is 0 Å². The molecule has 2 aliphatic carbocycles. The van der Waals surface area contributed by atoms with E-state index in [2.05, 4.69) is 17.1 Å². The molecule has 3 nitrogen and oxygen atoms in total. The summed E-state index contributed by atoms with van der Waals surface area (Å²) < 4.78 is 5.99. The second-order valence-corrected chi connectivity index (χ2v) is 6.61. The second-order valence-electron chi connectivity index (χ2n) is 6.61. The predicted molar refractivity (Wildman–Crippen MR) is 78.4 cm³/mol. The van der Waals surface area contributed by atoms with Gasteiger partial charge in [0.15, 0.2) is 0 Å². The molecule has 0 radical (unpaired) electrons. The molecule has 0 aromatic carbocycles. The van der Waals surface area contributed by atoms with Crippen molar-refractivity contribution < 1.29 is 4.74 Å². The Kier molecular flexibility index (Phi) is 4.78. The molecule has 0 aromatic rings. The highest BCUT2D eigenvalue weighted by atomic mass is 16.5. The minimum absolute atomic E-state index is 0.543. The summed E-state index contributed by atoms with van der Waals surface area (Å²) in [6, 6.07) is 1.50. The van der Waals surface area contributed by atoms with Crippen molar-refractivity contribution >= 4 is 0 Å². The Morgan fingerprint density at radius 2 is 2.00 bits per heavy atom. The molecular weight excluding hydrogens is 236 g/mol. The second kappa shape index (κ2) is 6.55. The molecular formula is C16H30N2O. The largest absolute Gasteiger partial charge is 0.375 e. The van der Waals surface area contributed by atoms with E-state index >= 15 is 0 Å². The standard InChI is InChI=1S/C16H30N2O/c1-2-17-14-7-5-6-13(14)12-18-10-11-19-16-9-4-3-8-15(16)18/h13-17H,2-12H2,1H3. The van der Waals surface area contributed by atoms with Crippen LogP contribution in [-0.2, 0) is 4.74 Å². The van der Waals surface area contributed by atoms with Crippen LogP contribution in [0, 0.1) is 5.92 Å². The van der Waals surface area contributed by atoms with Gasteiger partial charge in [0.25, 0.3) is 0 Å². The Labute approximate surface area is 118 Å². The maximum atomic E-state index is 5.99. The lowest BCUT2D eigenvalue weighted by molar-refractivity contribution is -0.0925. The van der Waals surface area contributed by atoms with E-state index in [9.17, 15) is 0 Å². The first kappa shape index (κ1) is 13.8. The number of fused-ring (bicyclic) bond motifs is 1. The lowest BCUT2D eigenvalue weighted by Crippen LogP contribution is -2.54. The van der Waals surface area contributed by atoms with E-state index in [1.165, 1.54) is 51.5 Å².